The Balaban J connectivity index is 2.20. The van der Waals surface area contributed by atoms with Crippen LogP contribution in [0.3, 0.4) is 0 Å². The van der Waals surface area contributed by atoms with Crippen LogP contribution in [-0.2, 0) is 4.79 Å². The highest BCUT2D eigenvalue weighted by molar-refractivity contribution is 8.01. The van der Waals surface area contributed by atoms with Gasteiger partial charge in [-0.05, 0) is 32.3 Å². The van der Waals surface area contributed by atoms with Crippen LogP contribution < -0.4 is 0 Å². The summed E-state index contributed by atoms with van der Waals surface area (Å²) in [5.74, 6) is 0.113. The van der Waals surface area contributed by atoms with Crippen molar-refractivity contribution >= 4 is 23.4 Å². The topological polar surface area (TPSA) is 32.7 Å². The first kappa shape index (κ1) is 14.4. The zero-order chi connectivity index (χ0) is 13.8. The Labute approximate surface area is 119 Å². The fourth-order valence-electron chi connectivity index (χ4n) is 2.41. The minimum atomic E-state index is 0.113. The molecule has 2 unspecified atom stereocenters. The van der Waals surface area contributed by atoms with Crippen LogP contribution in [0, 0.1) is 0 Å². The number of fused-ring (bicyclic) bond motifs is 1. The lowest BCUT2D eigenvalue weighted by molar-refractivity contribution is -0.125. The van der Waals surface area contributed by atoms with Gasteiger partial charge in [-0.2, -0.15) is 0 Å². The Hall–Kier alpha value is -1.03. The molecule has 104 valence electrons. The molecule has 4 heteroatoms. The van der Waals surface area contributed by atoms with Gasteiger partial charge in [0.15, 0.2) is 0 Å². The molecule has 0 spiro atoms. The molecule has 1 amide bonds. The van der Waals surface area contributed by atoms with Gasteiger partial charge in [-0.15, -0.1) is 11.8 Å². The highest BCUT2D eigenvalue weighted by Crippen LogP contribution is 2.36. The van der Waals surface area contributed by atoms with Gasteiger partial charge in [0.25, 0.3) is 0 Å². The van der Waals surface area contributed by atoms with E-state index in [1.165, 1.54) is 0 Å². The number of likely N-dealkylation sites (N-methyl/N-ethyl adjacent to an activating group) is 1. The van der Waals surface area contributed by atoms with Crippen molar-refractivity contribution in [2.45, 2.75) is 44.2 Å². The molecule has 3 nitrogen and oxygen atoms in total. The summed E-state index contributed by atoms with van der Waals surface area (Å²) in [5, 5.41) is 0.712. The first-order valence-electron chi connectivity index (χ1n) is 7.09. The minimum Gasteiger partial charge on any atom is -0.340 e. The van der Waals surface area contributed by atoms with Crippen LogP contribution in [-0.4, -0.2) is 40.2 Å². The average Bonchev–Trinajstić information content (AvgIpc) is 2.84. The molecule has 0 fully saturated rings. The molecule has 0 radical (unpaired) electrons. The third-order valence-electron chi connectivity index (χ3n) is 3.56. The van der Waals surface area contributed by atoms with E-state index < -0.39 is 0 Å². The summed E-state index contributed by atoms with van der Waals surface area (Å²) >= 11 is 1.89. The quantitative estimate of drug-likeness (QED) is 0.585. The lowest BCUT2D eigenvalue weighted by atomic mass is 9.97. The fourth-order valence-corrected chi connectivity index (χ4v) is 3.66. The van der Waals surface area contributed by atoms with E-state index in [0.29, 0.717) is 10.6 Å². The number of amides is 1. The van der Waals surface area contributed by atoms with E-state index >= 15 is 0 Å². The van der Waals surface area contributed by atoms with Gasteiger partial charge in [-0.25, -0.2) is 0 Å². The fraction of sp³-hybridized carbons (Fsp3) is 0.600. The number of carbonyl (C=O) groups excluding carboxylic acids is 1. The first-order chi connectivity index (χ1) is 9.19. The van der Waals surface area contributed by atoms with Gasteiger partial charge in [-0.1, -0.05) is 19.1 Å². The van der Waals surface area contributed by atoms with Gasteiger partial charge < -0.3 is 4.90 Å². The summed E-state index contributed by atoms with van der Waals surface area (Å²) in [5.41, 5.74) is 2.23. The van der Waals surface area contributed by atoms with E-state index in [1.807, 2.05) is 30.5 Å². The van der Waals surface area contributed by atoms with Crippen molar-refractivity contribution in [1.82, 2.24) is 4.90 Å². The number of nitrogens with zero attached hydrogens (tertiary/aromatic N) is 2. The number of carbonyl (C=O) groups is 1. The number of allylic oxidation sites excluding steroid dienone is 2. The summed E-state index contributed by atoms with van der Waals surface area (Å²) in [4.78, 5) is 18.8. The molecule has 0 bridgehead atoms. The Bertz CT molecular complexity index is 435. The maximum absolute atomic E-state index is 12.2. The molecule has 0 N–H and O–H groups in total. The second kappa shape index (κ2) is 6.42. The summed E-state index contributed by atoms with van der Waals surface area (Å²) in [6.07, 6.45) is 8.06. The van der Waals surface area contributed by atoms with Gasteiger partial charge in [-0.3, -0.25) is 9.79 Å². The third kappa shape index (κ3) is 3.11. The highest BCUT2D eigenvalue weighted by Gasteiger charge is 2.30. The van der Waals surface area contributed by atoms with Crippen molar-refractivity contribution in [3.63, 3.8) is 0 Å². The van der Waals surface area contributed by atoms with Crippen LogP contribution >= 0.6 is 11.8 Å². The predicted molar refractivity (Wildman–Crippen MR) is 82.7 cm³/mol. The lowest BCUT2D eigenvalue weighted by Gasteiger charge is -2.19. The minimum absolute atomic E-state index is 0.113. The zero-order valence-corrected chi connectivity index (χ0v) is 12.7. The van der Waals surface area contributed by atoms with E-state index in [2.05, 4.69) is 19.1 Å². The monoisotopic (exact) mass is 278 g/mol. The lowest BCUT2D eigenvalue weighted by Crippen LogP contribution is -2.30. The van der Waals surface area contributed by atoms with Crippen molar-refractivity contribution in [1.29, 1.82) is 0 Å². The molecule has 2 atom stereocenters. The SMILES string of the molecule is CCC1N=C2C(=CC(=O)N(CC)CC)CC=CC2S1. The van der Waals surface area contributed by atoms with Gasteiger partial charge >= 0.3 is 0 Å². The zero-order valence-electron chi connectivity index (χ0n) is 11.9. The Morgan fingerprint density at radius 2 is 2.21 bits per heavy atom. The standard InChI is InChI=1S/C15H22N2OS/c1-4-13-16-15-11(8-7-9-12(15)19-13)10-14(18)17(5-2)6-3/h7,9-10,12-13H,4-6,8H2,1-3H3. The smallest absolute Gasteiger partial charge is 0.246 e. The van der Waals surface area contributed by atoms with Gasteiger partial charge in [0.05, 0.1) is 16.3 Å². The summed E-state index contributed by atoms with van der Waals surface area (Å²) in [6.45, 7) is 7.71. The van der Waals surface area contributed by atoms with Crippen LogP contribution in [0.4, 0.5) is 0 Å². The Kier molecular flexibility index (Phi) is 4.86. The van der Waals surface area contributed by atoms with Gasteiger partial charge in [0.1, 0.15) is 0 Å². The van der Waals surface area contributed by atoms with E-state index in [1.54, 1.807) is 6.08 Å². The average molecular weight is 278 g/mol. The van der Waals surface area contributed by atoms with Gasteiger partial charge in [0.2, 0.25) is 5.91 Å². The number of hydrogen-bond donors (Lipinski definition) is 0. The maximum atomic E-state index is 12.2. The number of thioether (sulfide) groups is 1. The molecular formula is C15H22N2OS. The molecule has 2 aliphatic rings. The Morgan fingerprint density at radius 3 is 2.84 bits per heavy atom. The second-order valence-corrected chi connectivity index (χ2v) is 6.07. The number of hydrogen-bond acceptors (Lipinski definition) is 3. The molecule has 1 aliphatic carbocycles. The largest absolute Gasteiger partial charge is 0.340 e. The van der Waals surface area contributed by atoms with Crippen LogP contribution in [0.5, 0.6) is 0 Å². The number of aliphatic imine (C=N–C) groups is 1. The van der Waals surface area contributed by atoms with Gasteiger partial charge in [0, 0.05) is 19.2 Å². The first-order valence-corrected chi connectivity index (χ1v) is 8.03. The molecule has 0 saturated carbocycles. The van der Waals surface area contributed by atoms with E-state index in [4.69, 9.17) is 4.99 Å². The summed E-state index contributed by atoms with van der Waals surface area (Å²) in [6, 6.07) is 0. The van der Waals surface area contributed by atoms with Crippen molar-refractivity contribution in [2.24, 2.45) is 4.99 Å². The third-order valence-corrected chi connectivity index (χ3v) is 4.98. The Morgan fingerprint density at radius 1 is 1.47 bits per heavy atom. The van der Waals surface area contributed by atoms with Crippen molar-refractivity contribution in [2.75, 3.05) is 13.1 Å². The molecule has 0 aromatic rings. The highest BCUT2D eigenvalue weighted by atomic mass is 32.2. The number of rotatable bonds is 4. The van der Waals surface area contributed by atoms with E-state index in [9.17, 15) is 4.79 Å². The van der Waals surface area contributed by atoms with Crippen molar-refractivity contribution < 1.29 is 4.79 Å². The molecule has 0 saturated heterocycles. The molecule has 2 rings (SSSR count). The van der Waals surface area contributed by atoms with Crippen molar-refractivity contribution in [3.8, 4) is 0 Å². The van der Waals surface area contributed by atoms with Crippen LogP contribution in [0.1, 0.15) is 33.6 Å². The van der Waals surface area contributed by atoms with Crippen molar-refractivity contribution in [3.05, 3.63) is 23.8 Å². The second-order valence-electron chi connectivity index (χ2n) is 4.75. The molecular weight excluding hydrogens is 256 g/mol. The molecule has 1 aliphatic heterocycles. The van der Waals surface area contributed by atoms with E-state index in [-0.39, 0.29) is 5.91 Å². The molecule has 0 aromatic carbocycles. The summed E-state index contributed by atoms with van der Waals surface area (Å²) in [7, 11) is 0. The van der Waals surface area contributed by atoms with Crippen LogP contribution in [0.25, 0.3) is 0 Å². The van der Waals surface area contributed by atoms with E-state index in [0.717, 1.165) is 37.2 Å². The van der Waals surface area contributed by atoms with Crippen LogP contribution in [0.15, 0.2) is 28.8 Å². The maximum Gasteiger partial charge on any atom is 0.246 e. The van der Waals surface area contributed by atoms with Crippen LogP contribution in [0.2, 0.25) is 0 Å². The molecule has 1 heterocycles. The molecule has 19 heavy (non-hydrogen) atoms. The summed E-state index contributed by atoms with van der Waals surface area (Å²) < 4.78 is 0. The molecule has 0 aromatic heterocycles. The normalized spacial score (nSPS) is 27.3. The predicted octanol–water partition coefficient (Wildman–Crippen LogP) is 3.03.